The third kappa shape index (κ3) is 4.35. The van der Waals surface area contributed by atoms with Crippen molar-refractivity contribution in [2.45, 2.75) is 19.9 Å². The van der Waals surface area contributed by atoms with Crippen molar-refractivity contribution in [3.05, 3.63) is 65.2 Å². The van der Waals surface area contributed by atoms with Gasteiger partial charge < -0.3 is 24.8 Å². The molecule has 2 aromatic carbocycles. The molecule has 0 saturated heterocycles. The van der Waals surface area contributed by atoms with Crippen LogP contribution in [0.5, 0.6) is 11.5 Å². The number of carbonyl (C=O) groups excluding carboxylic acids is 1. The lowest BCUT2D eigenvalue weighted by Gasteiger charge is -2.32. The highest BCUT2D eigenvalue weighted by molar-refractivity contribution is 7.80. The predicted octanol–water partition coefficient (Wildman–Crippen LogP) is 3.59. The van der Waals surface area contributed by atoms with Crippen LogP contribution in [-0.2, 0) is 9.53 Å². The number of hydrogen-bond donors (Lipinski definition) is 2. The van der Waals surface area contributed by atoms with Gasteiger partial charge in [0.15, 0.2) is 16.6 Å². The van der Waals surface area contributed by atoms with Gasteiger partial charge in [0.1, 0.15) is 0 Å². The van der Waals surface area contributed by atoms with Gasteiger partial charge in [0.2, 0.25) is 0 Å². The number of methoxy groups -OCH3 is 1. The lowest BCUT2D eigenvalue weighted by Crippen LogP contribution is -2.45. The van der Waals surface area contributed by atoms with Gasteiger partial charge in [-0.3, -0.25) is 0 Å². The molecule has 2 N–H and O–H groups in total. The Balaban J connectivity index is 2.22. The van der Waals surface area contributed by atoms with Crippen LogP contribution in [0.2, 0.25) is 0 Å². The fraction of sp³-hybridized carbons (Fsp3) is 0.273. The van der Waals surface area contributed by atoms with Crippen molar-refractivity contribution in [2.24, 2.45) is 0 Å². The van der Waals surface area contributed by atoms with E-state index < -0.39 is 12.0 Å². The van der Waals surface area contributed by atoms with Crippen LogP contribution in [0.4, 0.5) is 0 Å². The number of rotatable bonds is 7. The Morgan fingerprint density at radius 1 is 1.07 bits per heavy atom. The maximum absolute atomic E-state index is 13.0. The smallest absolute Gasteiger partial charge is 0.338 e. The van der Waals surface area contributed by atoms with Crippen molar-refractivity contribution < 1.29 is 19.0 Å². The first kappa shape index (κ1) is 20.7. The first-order chi connectivity index (χ1) is 14.1. The summed E-state index contributed by atoms with van der Waals surface area (Å²) < 4.78 is 16.7. The molecule has 1 heterocycles. The topological polar surface area (TPSA) is 68.8 Å². The predicted molar refractivity (Wildman–Crippen MR) is 116 cm³/mol. The normalized spacial score (nSPS) is 16.0. The molecule has 1 aliphatic rings. The Bertz CT molecular complexity index is 928. The quantitative estimate of drug-likeness (QED) is 0.532. The van der Waals surface area contributed by atoms with Crippen molar-refractivity contribution in [3.8, 4) is 11.5 Å². The number of esters is 1. The average molecular weight is 413 g/mol. The molecule has 0 aromatic heterocycles. The zero-order chi connectivity index (χ0) is 20.8. The highest BCUT2D eigenvalue weighted by Crippen LogP contribution is 2.40. The molecular formula is C22H24N2O4S. The van der Waals surface area contributed by atoms with E-state index in [1.54, 1.807) is 14.0 Å². The Hall–Kier alpha value is -3.06. The minimum absolute atomic E-state index is 0.262. The van der Waals surface area contributed by atoms with Crippen LogP contribution < -0.4 is 20.1 Å². The molecule has 0 amide bonds. The van der Waals surface area contributed by atoms with Gasteiger partial charge in [-0.25, -0.2) is 4.79 Å². The van der Waals surface area contributed by atoms with Crippen LogP contribution in [0, 0.1) is 0 Å². The largest absolute Gasteiger partial charge is 0.492 e. The summed E-state index contributed by atoms with van der Waals surface area (Å²) in [7, 11) is 1.58. The molecule has 0 spiro atoms. The zero-order valence-corrected chi connectivity index (χ0v) is 17.5. The van der Waals surface area contributed by atoms with Gasteiger partial charge in [0, 0.05) is 5.56 Å². The summed E-state index contributed by atoms with van der Waals surface area (Å²) in [6.45, 7) is 4.44. The summed E-state index contributed by atoms with van der Waals surface area (Å²) in [4.78, 5) is 13.0. The molecule has 1 aliphatic heterocycles. The highest BCUT2D eigenvalue weighted by atomic mass is 32.1. The minimum Gasteiger partial charge on any atom is -0.492 e. The maximum atomic E-state index is 13.0. The third-order valence-corrected chi connectivity index (χ3v) is 4.67. The van der Waals surface area contributed by atoms with Gasteiger partial charge in [0.05, 0.1) is 37.6 Å². The molecule has 0 radical (unpaired) electrons. The monoisotopic (exact) mass is 412 g/mol. The van der Waals surface area contributed by atoms with Crippen molar-refractivity contribution in [3.63, 3.8) is 0 Å². The van der Waals surface area contributed by atoms with Crippen LogP contribution in [0.15, 0.2) is 54.1 Å². The van der Waals surface area contributed by atoms with Crippen LogP contribution >= 0.6 is 12.2 Å². The van der Waals surface area contributed by atoms with Crippen LogP contribution in [0.25, 0.3) is 5.70 Å². The molecule has 29 heavy (non-hydrogen) atoms. The van der Waals surface area contributed by atoms with Crippen molar-refractivity contribution in [1.29, 1.82) is 0 Å². The van der Waals surface area contributed by atoms with Gasteiger partial charge in [-0.1, -0.05) is 42.5 Å². The fourth-order valence-corrected chi connectivity index (χ4v) is 3.53. The molecule has 0 bridgehead atoms. The SMILES string of the molecule is CCOC(=O)C1=C(c2ccccc2)NC(=S)N[C@@H]1c1cccc(OCC)c1OC. The summed E-state index contributed by atoms with van der Waals surface area (Å²) in [5, 5.41) is 6.73. The summed E-state index contributed by atoms with van der Waals surface area (Å²) in [6.07, 6.45) is 0. The van der Waals surface area contributed by atoms with E-state index in [9.17, 15) is 4.79 Å². The van der Waals surface area contributed by atoms with Gasteiger partial charge in [0.25, 0.3) is 0 Å². The maximum Gasteiger partial charge on any atom is 0.338 e. The van der Waals surface area contributed by atoms with Gasteiger partial charge in [-0.2, -0.15) is 0 Å². The Morgan fingerprint density at radius 2 is 1.83 bits per heavy atom. The lowest BCUT2D eigenvalue weighted by atomic mass is 9.92. The molecule has 7 heteroatoms. The highest BCUT2D eigenvalue weighted by Gasteiger charge is 2.35. The van der Waals surface area contributed by atoms with Crippen LogP contribution in [-0.4, -0.2) is 31.4 Å². The second kappa shape index (κ2) is 9.43. The van der Waals surface area contributed by atoms with Crippen LogP contribution in [0.3, 0.4) is 0 Å². The second-order valence-corrected chi connectivity index (χ2v) is 6.63. The second-order valence-electron chi connectivity index (χ2n) is 6.22. The third-order valence-electron chi connectivity index (χ3n) is 4.45. The van der Waals surface area contributed by atoms with E-state index in [4.69, 9.17) is 26.4 Å². The molecule has 0 saturated carbocycles. The number of ether oxygens (including phenoxy) is 3. The first-order valence-electron chi connectivity index (χ1n) is 9.44. The molecule has 0 fully saturated rings. The van der Waals surface area contributed by atoms with E-state index in [0.717, 1.165) is 11.1 Å². The number of hydrogen-bond acceptors (Lipinski definition) is 5. The van der Waals surface area contributed by atoms with Crippen molar-refractivity contribution in [1.82, 2.24) is 10.6 Å². The van der Waals surface area contributed by atoms with Gasteiger partial charge >= 0.3 is 5.97 Å². The van der Waals surface area contributed by atoms with Gasteiger partial charge in [-0.05, 0) is 37.7 Å². The number of benzene rings is 2. The number of thiocarbonyl (C=S) groups is 1. The fourth-order valence-electron chi connectivity index (χ4n) is 3.31. The molecule has 0 unspecified atom stereocenters. The molecule has 6 nitrogen and oxygen atoms in total. The van der Waals surface area contributed by atoms with Crippen molar-refractivity contribution in [2.75, 3.05) is 20.3 Å². The standard InChI is InChI=1S/C22H24N2O4S/c1-4-27-16-13-9-12-15(20(16)26-3)19-17(21(25)28-5-2)18(23-22(29)24-19)14-10-7-6-8-11-14/h6-13,19H,4-5H2,1-3H3,(H2,23,24,29)/t19-/m1/s1. The number of para-hydroxylation sites is 1. The summed E-state index contributed by atoms with van der Waals surface area (Å²) in [6, 6.07) is 14.6. The van der Waals surface area contributed by atoms with E-state index in [0.29, 0.717) is 34.5 Å². The first-order valence-corrected chi connectivity index (χ1v) is 9.85. The Morgan fingerprint density at radius 3 is 2.48 bits per heavy atom. The zero-order valence-electron chi connectivity index (χ0n) is 16.7. The molecule has 3 rings (SSSR count). The average Bonchev–Trinajstić information content (AvgIpc) is 2.74. The summed E-state index contributed by atoms with van der Waals surface area (Å²) >= 11 is 5.45. The van der Waals surface area contributed by atoms with E-state index in [2.05, 4.69) is 10.6 Å². The molecule has 1 atom stereocenters. The van der Waals surface area contributed by atoms with E-state index in [1.807, 2.05) is 55.5 Å². The molecule has 152 valence electrons. The minimum atomic E-state index is -0.562. The van der Waals surface area contributed by atoms with Gasteiger partial charge in [-0.15, -0.1) is 0 Å². The lowest BCUT2D eigenvalue weighted by molar-refractivity contribution is -0.138. The summed E-state index contributed by atoms with van der Waals surface area (Å²) in [5.74, 6) is 0.719. The molecular weight excluding hydrogens is 388 g/mol. The Kier molecular flexibility index (Phi) is 6.72. The van der Waals surface area contributed by atoms with Crippen molar-refractivity contribution >= 4 is 29.0 Å². The Labute approximate surface area is 175 Å². The van der Waals surface area contributed by atoms with E-state index in [1.165, 1.54) is 0 Å². The molecule has 2 aromatic rings. The van der Waals surface area contributed by atoms with E-state index in [-0.39, 0.29) is 6.61 Å². The molecule has 0 aliphatic carbocycles. The number of nitrogens with one attached hydrogen (secondary N) is 2. The van der Waals surface area contributed by atoms with E-state index >= 15 is 0 Å². The number of carbonyl (C=O) groups is 1. The van der Waals surface area contributed by atoms with Crippen LogP contribution in [0.1, 0.15) is 31.0 Å². The summed E-state index contributed by atoms with van der Waals surface area (Å²) in [5.41, 5.74) is 2.61.